The summed E-state index contributed by atoms with van der Waals surface area (Å²) in [7, 11) is 0. The SMILES string of the molecule is CCC(C)c1ccccc1Oc1nccc(C(=O)O)c1Cl. The van der Waals surface area contributed by atoms with Gasteiger partial charge in [0, 0.05) is 6.20 Å². The second kappa shape index (κ2) is 6.59. The van der Waals surface area contributed by atoms with Crippen LogP contribution in [0.1, 0.15) is 42.1 Å². The fraction of sp³-hybridized carbons (Fsp3) is 0.250. The Bertz CT molecular complexity index is 658. The quantitative estimate of drug-likeness (QED) is 0.866. The molecule has 1 aromatic heterocycles. The zero-order valence-electron chi connectivity index (χ0n) is 11.8. The molecular formula is C16H16ClNO3. The van der Waals surface area contributed by atoms with Gasteiger partial charge in [0.15, 0.2) is 0 Å². The van der Waals surface area contributed by atoms with Crippen LogP contribution >= 0.6 is 11.6 Å². The van der Waals surface area contributed by atoms with E-state index in [0.29, 0.717) is 11.7 Å². The largest absolute Gasteiger partial charge is 0.478 e. The topological polar surface area (TPSA) is 59.4 Å². The van der Waals surface area contributed by atoms with E-state index in [9.17, 15) is 4.79 Å². The third-order valence-corrected chi connectivity index (χ3v) is 3.72. The molecule has 0 aliphatic rings. The maximum Gasteiger partial charge on any atom is 0.337 e. The molecule has 2 rings (SSSR count). The first-order chi connectivity index (χ1) is 10.0. The van der Waals surface area contributed by atoms with Gasteiger partial charge in [-0.15, -0.1) is 0 Å². The van der Waals surface area contributed by atoms with Crippen molar-refractivity contribution in [2.24, 2.45) is 0 Å². The van der Waals surface area contributed by atoms with Crippen LogP contribution in [0.4, 0.5) is 0 Å². The van der Waals surface area contributed by atoms with E-state index in [1.165, 1.54) is 12.3 Å². The van der Waals surface area contributed by atoms with Crippen LogP contribution in [0, 0.1) is 0 Å². The highest BCUT2D eigenvalue weighted by Crippen LogP contribution is 2.34. The Hall–Kier alpha value is -2.07. The highest BCUT2D eigenvalue weighted by atomic mass is 35.5. The van der Waals surface area contributed by atoms with Crippen molar-refractivity contribution in [2.45, 2.75) is 26.2 Å². The summed E-state index contributed by atoms with van der Waals surface area (Å²) in [4.78, 5) is 15.1. The Labute approximate surface area is 128 Å². The third kappa shape index (κ3) is 3.34. The van der Waals surface area contributed by atoms with Gasteiger partial charge in [-0.25, -0.2) is 9.78 Å². The number of hydrogen-bond donors (Lipinski definition) is 1. The molecule has 1 N–H and O–H groups in total. The number of rotatable bonds is 5. The number of carboxylic acid groups (broad SMARTS) is 1. The van der Waals surface area contributed by atoms with Gasteiger partial charge in [-0.05, 0) is 30.0 Å². The zero-order valence-corrected chi connectivity index (χ0v) is 12.6. The van der Waals surface area contributed by atoms with Crippen molar-refractivity contribution in [2.75, 3.05) is 0 Å². The van der Waals surface area contributed by atoms with Crippen molar-refractivity contribution in [1.82, 2.24) is 4.98 Å². The maximum atomic E-state index is 11.1. The van der Waals surface area contributed by atoms with Gasteiger partial charge in [0.25, 0.3) is 0 Å². The zero-order chi connectivity index (χ0) is 15.4. The number of aromatic carboxylic acids is 1. The summed E-state index contributed by atoms with van der Waals surface area (Å²) in [6, 6.07) is 8.96. The number of hydrogen-bond acceptors (Lipinski definition) is 3. The predicted molar refractivity (Wildman–Crippen MR) is 81.4 cm³/mol. The summed E-state index contributed by atoms with van der Waals surface area (Å²) in [5.41, 5.74) is 1.02. The number of para-hydroxylation sites is 1. The first kappa shape index (κ1) is 15.3. The molecule has 0 radical (unpaired) electrons. The first-order valence-electron chi connectivity index (χ1n) is 6.69. The Morgan fingerprint density at radius 2 is 2.10 bits per heavy atom. The van der Waals surface area contributed by atoms with Gasteiger partial charge in [-0.3, -0.25) is 0 Å². The number of pyridine rings is 1. The van der Waals surface area contributed by atoms with Crippen LogP contribution in [0.25, 0.3) is 0 Å². The predicted octanol–water partition coefficient (Wildman–Crippen LogP) is 4.74. The summed E-state index contributed by atoms with van der Waals surface area (Å²) in [5.74, 6) is -0.0406. The van der Waals surface area contributed by atoms with Crippen molar-refractivity contribution >= 4 is 17.6 Å². The molecule has 0 amide bonds. The van der Waals surface area contributed by atoms with Crippen molar-refractivity contribution in [3.8, 4) is 11.6 Å². The summed E-state index contributed by atoms with van der Waals surface area (Å²) in [6.45, 7) is 4.20. The lowest BCUT2D eigenvalue weighted by molar-refractivity contribution is 0.0696. The molecule has 1 aromatic carbocycles. The average Bonchev–Trinajstić information content (AvgIpc) is 2.49. The van der Waals surface area contributed by atoms with E-state index in [1.54, 1.807) is 0 Å². The van der Waals surface area contributed by atoms with E-state index in [4.69, 9.17) is 21.4 Å². The second-order valence-corrected chi connectivity index (χ2v) is 5.11. The number of halogens is 1. The summed E-state index contributed by atoms with van der Waals surface area (Å²) >= 11 is 6.05. The average molecular weight is 306 g/mol. The Morgan fingerprint density at radius 3 is 2.76 bits per heavy atom. The lowest BCUT2D eigenvalue weighted by Gasteiger charge is -2.15. The Morgan fingerprint density at radius 1 is 1.38 bits per heavy atom. The lowest BCUT2D eigenvalue weighted by Crippen LogP contribution is -2.01. The first-order valence-corrected chi connectivity index (χ1v) is 7.07. The molecule has 21 heavy (non-hydrogen) atoms. The number of carbonyl (C=O) groups is 1. The number of ether oxygens (including phenoxy) is 1. The molecule has 1 heterocycles. The Balaban J connectivity index is 2.40. The molecule has 0 bridgehead atoms. The van der Waals surface area contributed by atoms with Crippen LogP contribution < -0.4 is 4.74 Å². The monoisotopic (exact) mass is 305 g/mol. The van der Waals surface area contributed by atoms with Gasteiger partial charge in [0.05, 0.1) is 5.56 Å². The van der Waals surface area contributed by atoms with Crippen molar-refractivity contribution in [3.63, 3.8) is 0 Å². The molecule has 0 saturated heterocycles. The van der Waals surface area contributed by atoms with Crippen LogP contribution in [-0.4, -0.2) is 16.1 Å². The summed E-state index contributed by atoms with van der Waals surface area (Å²) in [6.07, 6.45) is 2.34. The molecule has 5 heteroatoms. The van der Waals surface area contributed by atoms with Gasteiger partial charge in [-0.2, -0.15) is 0 Å². The lowest BCUT2D eigenvalue weighted by atomic mass is 9.98. The molecule has 0 aliphatic carbocycles. The highest BCUT2D eigenvalue weighted by molar-refractivity contribution is 6.34. The highest BCUT2D eigenvalue weighted by Gasteiger charge is 2.17. The summed E-state index contributed by atoms with van der Waals surface area (Å²) < 4.78 is 5.75. The third-order valence-electron chi connectivity index (χ3n) is 3.36. The molecule has 4 nitrogen and oxygen atoms in total. The molecule has 0 saturated carbocycles. The minimum Gasteiger partial charge on any atom is -0.478 e. The molecule has 2 aromatic rings. The van der Waals surface area contributed by atoms with Gasteiger partial charge in [0.1, 0.15) is 10.8 Å². The number of benzene rings is 1. The minimum absolute atomic E-state index is 0.00366. The fourth-order valence-electron chi connectivity index (χ4n) is 1.97. The van der Waals surface area contributed by atoms with Crippen LogP contribution in [0.15, 0.2) is 36.5 Å². The van der Waals surface area contributed by atoms with Gasteiger partial charge < -0.3 is 9.84 Å². The Kier molecular flexibility index (Phi) is 4.81. The molecule has 0 fully saturated rings. The van der Waals surface area contributed by atoms with Crippen LogP contribution in [0.5, 0.6) is 11.6 Å². The van der Waals surface area contributed by atoms with E-state index >= 15 is 0 Å². The normalized spacial score (nSPS) is 12.0. The van der Waals surface area contributed by atoms with Crippen molar-refractivity contribution < 1.29 is 14.6 Å². The standard InChI is InChI=1S/C16H16ClNO3/c1-3-10(2)11-6-4-5-7-13(11)21-15-14(17)12(16(19)20)8-9-18-15/h4-10H,3H2,1-2H3,(H,19,20). The van der Waals surface area contributed by atoms with Crippen molar-refractivity contribution in [3.05, 3.63) is 52.7 Å². The molecule has 0 spiro atoms. The summed E-state index contributed by atoms with van der Waals surface area (Å²) in [5, 5.41) is 9.07. The van der Waals surface area contributed by atoms with Gasteiger partial charge in [0.2, 0.25) is 5.88 Å². The molecule has 0 aliphatic heterocycles. The molecule has 1 atom stereocenters. The number of nitrogens with zero attached hydrogens (tertiary/aromatic N) is 1. The van der Waals surface area contributed by atoms with Crippen LogP contribution in [0.2, 0.25) is 5.02 Å². The van der Waals surface area contributed by atoms with E-state index in [-0.39, 0.29) is 16.5 Å². The molecular weight excluding hydrogens is 290 g/mol. The number of carboxylic acids is 1. The fourth-order valence-corrected chi connectivity index (χ4v) is 2.20. The maximum absolute atomic E-state index is 11.1. The minimum atomic E-state index is -1.11. The number of aromatic nitrogens is 1. The second-order valence-electron chi connectivity index (χ2n) is 4.73. The molecule has 1 unspecified atom stereocenters. The van der Waals surface area contributed by atoms with E-state index in [1.807, 2.05) is 24.3 Å². The van der Waals surface area contributed by atoms with Crippen molar-refractivity contribution in [1.29, 1.82) is 0 Å². The van der Waals surface area contributed by atoms with E-state index in [0.717, 1.165) is 12.0 Å². The van der Waals surface area contributed by atoms with E-state index in [2.05, 4.69) is 18.8 Å². The van der Waals surface area contributed by atoms with Gasteiger partial charge >= 0.3 is 5.97 Å². The molecule has 110 valence electrons. The van der Waals surface area contributed by atoms with Gasteiger partial charge in [-0.1, -0.05) is 43.6 Å². The smallest absolute Gasteiger partial charge is 0.337 e. The van der Waals surface area contributed by atoms with Crippen LogP contribution in [-0.2, 0) is 0 Å². The van der Waals surface area contributed by atoms with Crippen LogP contribution in [0.3, 0.4) is 0 Å². The van der Waals surface area contributed by atoms with E-state index < -0.39 is 5.97 Å².